The van der Waals surface area contributed by atoms with Gasteiger partial charge in [0, 0.05) is 24.6 Å². The van der Waals surface area contributed by atoms with Crippen molar-refractivity contribution in [2.45, 2.75) is 26.2 Å². The summed E-state index contributed by atoms with van der Waals surface area (Å²) in [6.45, 7) is 6.88. The Morgan fingerprint density at radius 3 is 2.33 bits per heavy atom. The molecule has 2 aromatic heterocycles. The van der Waals surface area contributed by atoms with Gasteiger partial charge in [-0.25, -0.2) is 0 Å². The van der Waals surface area contributed by atoms with Gasteiger partial charge in [0.2, 0.25) is 0 Å². The minimum atomic E-state index is 0.0766. The third-order valence-corrected chi connectivity index (χ3v) is 7.46. The molecule has 2 heterocycles. The van der Waals surface area contributed by atoms with Crippen molar-refractivity contribution in [1.82, 2.24) is 0 Å². The number of fused-ring (bicyclic) bond motifs is 4. The van der Waals surface area contributed by atoms with Crippen molar-refractivity contribution in [2.24, 2.45) is 0 Å². The predicted molar refractivity (Wildman–Crippen MR) is 107 cm³/mol. The molecule has 0 bridgehead atoms. The lowest BCUT2D eigenvalue weighted by molar-refractivity contribution is 0.660. The SMILES string of the molecule is Cc1cc2sc(-c3ccc4c(c3)C(C)(C)c3ccccc3-4)cc2s1. The molecule has 0 amide bonds. The lowest BCUT2D eigenvalue weighted by atomic mass is 9.82. The molecule has 0 saturated heterocycles. The van der Waals surface area contributed by atoms with Crippen LogP contribution in [0.25, 0.3) is 31.0 Å². The Labute approximate surface area is 150 Å². The fourth-order valence-electron chi connectivity index (χ4n) is 3.96. The zero-order valence-corrected chi connectivity index (χ0v) is 15.6. The Morgan fingerprint density at radius 2 is 1.50 bits per heavy atom. The molecule has 0 saturated carbocycles. The smallest absolute Gasteiger partial charge is 0.0459 e. The summed E-state index contributed by atoms with van der Waals surface area (Å²) >= 11 is 3.80. The predicted octanol–water partition coefficient (Wildman–Crippen LogP) is 7.24. The molecular weight excluding hydrogens is 328 g/mol. The first-order chi connectivity index (χ1) is 11.5. The minimum Gasteiger partial charge on any atom is -0.140 e. The van der Waals surface area contributed by atoms with E-state index in [0.717, 1.165) is 0 Å². The monoisotopic (exact) mass is 346 g/mol. The van der Waals surface area contributed by atoms with Gasteiger partial charge in [0.25, 0.3) is 0 Å². The molecule has 1 aliphatic carbocycles. The molecule has 0 atom stereocenters. The van der Waals surface area contributed by atoms with Crippen molar-refractivity contribution in [3.63, 3.8) is 0 Å². The maximum absolute atomic E-state index is 2.41. The van der Waals surface area contributed by atoms with E-state index < -0.39 is 0 Å². The van der Waals surface area contributed by atoms with Crippen LogP contribution < -0.4 is 0 Å². The highest BCUT2D eigenvalue weighted by Gasteiger charge is 2.35. The fraction of sp³-hybridized carbons (Fsp3) is 0.182. The Bertz CT molecular complexity index is 1060. The molecule has 5 rings (SSSR count). The summed E-state index contributed by atoms with van der Waals surface area (Å²) in [7, 11) is 0. The van der Waals surface area contributed by atoms with Crippen LogP contribution in [0, 0.1) is 6.92 Å². The molecular formula is C22H18S2. The van der Waals surface area contributed by atoms with Crippen molar-refractivity contribution in [2.75, 3.05) is 0 Å². The van der Waals surface area contributed by atoms with Gasteiger partial charge in [-0.3, -0.25) is 0 Å². The Morgan fingerprint density at radius 1 is 0.750 bits per heavy atom. The van der Waals surface area contributed by atoms with Gasteiger partial charge in [-0.1, -0.05) is 50.2 Å². The van der Waals surface area contributed by atoms with E-state index in [1.165, 1.54) is 47.0 Å². The van der Waals surface area contributed by atoms with Crippen molar-refractivity contribution >= 4 is 32.1 Å². The number of rotatable bonds is 1. The molecule has 0 aliphatic heterocycles. The Hall–Kier alpha value is -1.90. The zero-order chi connectivity index (χ0) is 16.5. The highest BCUT2D eigenvalue weighted by Crippen LogP contribution is 2.50. The van der Waals surface area contributed by atoms with E-state index >= 15 is 0 Å². The number of hydrogen-bond acceptors (Lipinski definition) is 2. The number of hydrogen-bond donors (Lipinski definition) is 0. The van der Waals surface area contributed by atoms with Crippen molar-refractivity contribution in [3.05, 3.63) is 70.6 Å². The number of thiophene rings is 2. The lowest BCUT2D eigenvalue weighted by Crippen LogP contribution is -2.14. The highest BCUT2D eigenvalue weighted by molar-refractivity contribution is 7.29. The lowest BCUT2D eigenvalue weighted by Gasteiger charge is -2.21. The van der Waals surface area contributed by atoms with Gasteiger partial charge in [0.15, 0.2) is 0 Å². The molecule has 0 fully saturated rings. The van der Waals surface area contributed by atoms with Crippen LogP contribution in [0.5, 0.6) is 0 Å². The first-order valence-electron chi connectivity index (χ1n) is 8.29. The molecule has 24 heavy (non-hydrogen) atoms. The van der Waals surface area contributed by atoms with Crippen LogP contribution in [-0.2, 0) is 5.41 Å². The van der Waals surface area contributed by atoms with Crippen LogP contribution in [0.2, 0.25) is 0 Å². The normalized spacial score (nSPS) is 14.8. The van der Waals surface area contributed by atoms with Gasteiger partial charge in [0.1, 0.15) is 0 Å². The molecule has 4 aromatic rings. The van der Waals surface area contributed by atoms with E-state index in [1.54, 1.807) is 0 Å². The summed E-state index contributed by atoms with van der Waals surface area (Å²) in [5.74, 6) is 0. The molecule has 0 radical (unpaired) electrons. The van der Waals surface area contributed by atoms with Gasteiger partial charge < -0.3 is 0 Å². The largest absolute Gasteiger partial charge is 0.140 e. The van der Waals surface area contributed by atoms with E-state index in [-0.39, 0.29) is 5.41 Å². The van der Waals surface area contributed by atoms with Gasteiger partial charge in [-0.05, 0) is 52.9 Å². The van der Waals surface area contributed by atoms with E-state index in [4.69, 9.17) is 0 Å². The summed E-state index contributed by atoms with van der Waals surface area (Å²) in [6, 6.07) is 20.5. The quantitative estimate of drug-likeness (QED) is 0.340. The average molecular weight is 347 g/mol. The first-order valence-corrected chi connectivity index (χ1v) is 9.92. The molecule has 0 unspecified atom stereocenters. The van der Waals surface area contributed by atoms with Gasteiger partial charge in [-0.2, -0.15) is 0 Å². The van der Waals surface area contributed by atoms with Crippen LogP contribution in [0.3, 0.4) is 0 Å². The van der Waals surface area contributed by atoms with Gasteiger partial charge >= 0.3 is 0 Å². The van der Waals surface area contributed by atoms with E-state index in [2.05, 4.69) is 75.4 Å². The van der Waals surface area contributed by atoms with Crippen LogP contribution >= 0.6 is 22.7 Å². The van der Waals surface area contributed by atoms with Crippen molar-refractivity contribution in [1.29, 1.82) is 0 Å². The average Bonchev–Trinajstić information content (AvgIpc) is 3.17. The molecule has 0 N–H and O–H groups in total. The third-order valence-electron chi connectivity index (χ3n) is 5.20. The van der Waals surface area contributed by atoms with E-state index in [9.17, 15) is 0 Å². The first kappa shape index (κ1) is 14.4. The minimum absolute atomic E-state index is 0.0766. The molecule has 118 valence electrons. The van der Waals surface area contributed by atoms with Crippen LogP contribution in [-0.4, -0.2) is 0 Å². The summed E-state index contributed by atoms with van der Waals surface area (Å²) in [5.41, 5.74) is 7.11. The van der Waals surface area contributed by atoms with Crippen molar-refractivity contribution in [3.8, 4) is 21.6 Å². The third kappa shape index (κ3) is 1.90. The second kappa shape index (κ2) is 4.81. The van der Waals surface area contributed by atoms with Crippen LogP contribution in [0.4, 0.5) is 0 Å². The zero-order valence-electron chi connectivity index (χ0n) is 14.0. The van der Waals surface area contributed by atoms with Crippen LogP contribution in [0.15, 0.2) is 54.6 Å². The summed E-state index contributed by atoms with van der Waals surface area (Å²) < 4.78 is 2.83. The molecule has 0 nitrogen and oxygen atoms in total. The Kier molecular flexibility index (Phi) is 2.89. The summed E-state index contributed by atoms with van der Waals surface area (Å²) in [4.78, 5) is 2.78. The van der Waals surface area contributed by atoms with Crippen molar-refractivity contribution < 1.29 is 0 Å². The second-order valence-corrected chi connectivity index (χ2v) is 9.50. The summed E-state index contributed by atoms with van der Waals surface area (Å²) in [5, 5.41) is 0. The molecule has 2 aromatic carbocycles. The van der Waals surface area contributed by atoms with E-state index in [0.29, 0.717) is 0 Å². The molecule has 1 aliphatic rings. The van der Waals surface area contributed by atoms with Gasteiger partial charge in [-0.15, -0.1) is 22.7 Å². The summed E-state index contributed by atoms with van der Waals surface area (Å²) in [6.07, 6.45) is 0. The standard InChI is InChI=1S/C22H18S2/c1-13-10-20-21(23-13)12-19(24-20)14-8-9-16-15-6-4-5-7-17(15)22(2,3)18(16)11-14/h4-12H,1-3H3. The van der Waals surface area contributed by atoms with Gasteiger partial charge in [0.05, 0.1) is 0 Å². The maximum Gasteiger partial charge on any atom is 0.0459 e. The number of benzene rings is 2. The maximum atomic E-state index is 2.41. The molecule has 0 spiro atoms. The number of aryl methyl sites for hydroxylation is 1. The second-order valence-electron chi connectivity index (χ2n) is 7.13. The Balaban J connectivity index is 1.69. The van der Waals surface area contributed by atoms with E-state index in [1.807, 2.05) is 22.7 Å². The van der Waals surface area contributed by atoms with Crippen LogP contribution in [0.1, 0.15) is 29.9 Å². The highest BCUT2D eigenvalue weighted by atomic mass is 32.1. The topological polar surface area (TPSA) is 0 Å². The molecule has 2 heteroatoms. The fourth-order valence-corrected chi connectivity index (χ4v) is 6.27.